The number of amides is 1. The van der Waals surface area contributed by atoms with Crippen LogP contribution in [-0.2, 0) is 17.8 Å². The number of hydrogen-bond acceptors (Lipinski definition) is 2. The highest BCUT2D eigenvalue weighted by Crippen LogP contribution is 2.22. The Bertz CT molecular complexity index is 465. The van der Waals surface area contributed by atoms with Crippen LogP contribution in [-0.4, -0.2) is 23.4 Å². The molecule has 19 heavy (non-hydrogen) atoms. The topological polar surface area (TPSA) is 46.3 Å². The van der Waals surface area contributed by atoms with Crippen LogP contribution >= 0.6 is 12.4 Å². The van der Waals surface area contributed by atoms with E-state index >= 15 is 0 Å². The summed E-state index contributed by atoms with van der Waals surface area (Å²) in [6, 6.07) is 4.57. The maximum absolute atomic E-state index is 13.7. The Morgan fingerprint density at radius 3 is 2.74 bits per heavy atom. The molecule has 0 radical (unpaired) electrons. The maximum atomic E-state index is 13.7. The van der Waals surface area contributed by atoms with Gasteiger partial charge in [0.1, 0.15) is 5.82 Å². The number of carbonyl (C=O) groups is 1. The summed E-state index contributed by atoms with van der Waals surface area (Å²) in [5.74, 6) is -0.221. The number of rotatable bonds is 2. The molecule has 0 aromatic heterocycles. The van der Waals surface area contributed by atoms with E-state index in [0.29, 0.717) is 25.1 Å². The molecule has 1 aromatic carbocycles. The van der Waals surface area contributed by atoms with Crippen molar-refractivity contribution < 1.29 is 9.18 Å². The van der Waals surface area contributed by atoms with Crippen LogP contribution in [0, 0.1) is 11.7 Å². The van der Waals surface area contributed by atoms with Crippen molar-refractivity contribution in [3.8, 4) is 0 Å². The summed E-state index contributed by atoms with van der Waals surface area (Å²) in [4.78, 5) is 13.8. The minimum Gasteiger partial charge on any atom is -0.337 e. The van der Waals surface area contributed by atoms with Gasteiger partial charge in [0.2, 0.25) is 5.91 Å². The van der Waals surface area contributed by atoms with Crippen molar-refractivity contribution in [1.29, 1.82) is 0 Å². The number of carbonyl (C=O) groups excluding carboxylic acids is 1. The van der Waals surface area contributed by atoms with Crippen molar-refractivity contribution in [2.75, 3.05) is 6.54 Å². The van der Waals surface area contributed by atoms with Gasteiger partial charge in [0.05, 0.1) is 6.04 Å². The quantitative estimate of drug-likeness (QED) is 0.905. The van der Waals surface area contributed by atoms with Gasteiger partial charge in [-0.25, -0.2) is 4.39 Å². The minimum atomic E-state index is -0.502. The van der Waals surface area contributed by atoms with Gasteiger partial charge >= 0.3 is 0 Å². The number of benzene rings is 1. The van der Waals surface area contributed by atoms with E-state index in [4.69, 9.17) is 5.73 Å². The first-order valence-corrected chi connectivity index (χ1v) is 6.31. The minimum absolute atomic E-state index is 0. The standard InChI is InChI=1S/C14H19FN2O.ClH/c1-9(2)13(16)14(18)17-7-6-10-4-3-5-12(15)11(10)8-17;/h3-5,9,13H,6-8,16H2,1-2H3;1H/t13-;/m0./s1. The van der Waals surface area contributed by atoms with Gasteiger partial charge in [-0.1, -0.05) is 26.0 Å². The van der Waals surface area contributed by atoms with Gasteiger partial charge in [-0.2, -0.15) is 0 Å². The van der Waals surface area contributed by atoms with Gasteiger partial charge < -0.3 is 10.6 Å². The lowest BCUT2D eigenvalue weighted by Crippen LogP contribution is -2.48. The molecule has 0 bridgehead atoms. The maximum Gasteiger partial charge on any atom is 0.240 e. The Kier molecular flexibility index (Phi) is 5.32. The molecule has 0 saturated heterocycles. The van der Waals surface area contributed by atoms with E-state index in [2.05, 4.69) is 0 Å². The third-order valence-electron chi connectivity index (χ3n) is 3.53. The van der Waals surface area contributed by atoms with Crippen molar-refractivity contribution in [2.24, 2.45) is 11.7 Å². The number of hydrogen-bond donors (Lipinski definition) is 1. The number of halogens is 2. The summed E-state index contributed by atoms with van der Waals surface area (Å²) in [6.07, 6.45) is 0.698. The lowest BCUT2D eigenvalue weighted by atomic mass is 9.97. The molecule has 1 heterocycles. The first kappa shape index (κ1) is 15.9. The van der Waals surface area contributed by atoms with Crippen LogP contribution in [0.4, 0.5) is 4.39 Å². The fraction of sp³-hybridized carbons (Fsp3) is 0.500. The normalized spacial score (nSPS) is 15.7. The molecular formula is C14H20ClFN2O. The van der Waals surface area contributed by atoms with Crippen LogP contribution in [0.2, 0.25) is 0 Å². The van der Waals surface area contributed by atoms with Gasteiger partial charge in [-0.05, 0) is 24.0 Å². The number of fused-ring (bicyclic) bond motifs is 1. The smallest absolute Gasteiger partial charge is 0.240 e. The Hall–Kier alpha value is -1.13. The first-order valence-electron chi connectivity index (χ1n) is 6.31. The van der Waals surface area contributed by atoms with Crippen molar-refractivity contribution in [3.63, 3.8) is 0 Å². The molecule has 106 valence electrons. The molecule has 3 nitrogen and oxygen atoms in total. The lowest BCUT2D eigenvalue weighted by Gasteiger charge is -2.32. The monoisotopic (exact) mass is 286 g/mol. The van der Waals surface area contributed by atoms with Gasteiger partial charge in [0.25, 0.3) is 0 Å². The summed E-state index contributed by atoms with van der Waals surface area (Å²) >= 11 is 0. The highest BCUT2D eigenvalue weighted by molar-refractivity contribution is 5.85. The van der Waals surface area contributed by atoms with Crippen molar-refractivity contribution in [2.45, 2.75) is 32.9 Å². The predicted octanol–water partition coefficient (Wildman–Crippen LogP) is 2.12. The number of nitrogens with two attached hydrogens (primary N) is 1. The second-order valence-electron chi connectivity index (χ2n) is 5.16. The second kappa shape index (κ2) is 6.35. The summed E-state index contributed by atoms with van der Waals surface area (Å²) in [5.41, 5.74) is 7.49. The van der Waals surface area contributed by atoms with E-state index in [1.807, 2.05) is 19.9 Å². The van der Waals surface area contributed by atoms with Crippen LogP contribution < -0.4 is 5.73 Å². The zero-order chi connectivity index (χ0) is 13.3. The molecule has 0 spiro atoms. The molecule has 2 N–H and O–H groups in total. The molecule has 0 unspecified atom stereocenters. The molecule has 5 heteroatoms. The Labute approximate surface area is 119 Å². The fourth-order valence-electron chi connectivity index (χ4n) is 2.22. The van der Waals surface area contributed by atoms with E-state index in [1.54, 1.807) is 11.0 Å². The number of nitrogens with zero attached hydrogens (tertiary/aromatic N) is 1. The third-order valence-corrected chi connectivity index (χ3v) is 3.53. The highest BCUT2D eigenvalue weighted by Gasteiger charge is 2.27. The van der Waals surface area contributed by atoms with Crippen LogP contribution in [0.1, 0.15) is 25.0 Å². The lowest BCUT2D eigenvalue weighted by molar-refractivity contribution is -0.134. The van der Waals surface area contributed by atoms with Gasteiger partial charge in [0.15, 0.2) is 0 Å². The molecule has 1 aromatic rings. The Morgan fingerprint density at radius 1 is 1.42 bits per heavy atom. The first-order chi connectivity index (χ1) is 8.50. The van der Waals surface area contributed by atoms with Gasteiger partial charge in [0, 0.05) is 18.7 Å². The highest BCUT2D eigenvalue weighted by atomic mass is 35.5. The van der Waals surface area contributed by atoms with E-state index in [0.717, 1.165) is 5.56 Å². The van der Waals surface area contributed by atoms with Gasteiger partial charge in [-0.15, -0.1) is 12.4 Å². The molecule has 0 saturated carbocycles. The predicted molar refractivity (Wildman–Crippen MR) is 75.6 cm³/mol. The molecular weight excluding hydrogens is 267 g/mol. The molecule has 1 amide bonds. The Balaban J connectivity index is 0.00000180. The van der Waals surface area contributed by atoms with E-state index in [9.17, 15) is 9.18 Å². The fourth-order valence-corrected chi connectivity index (χ4v) is 2.22. The average molecular weight is 287 g/mol. The van der Waals surface area contributed by atoms with Crippen molar-refractivity contribution >= 4 is 18.3 Å². The molecule has 0 fully saturated rings. The average Bonchev–Trinajstić information content (AvgIpc) is 2.37. The molecule has 1 aliphatic rings. The van der Waals surface area contributed by atoms with Crippen LogP contribution in [0.3, 0.4) is 0 Å². The molecule has 0 aliphatic carbocycles. The summed E-state index contributed by atoms with van der Waals surface area (Å²) in [5, 5.41) is 0. The summed E-state index contributed by atoms with van der Waals surface area (Å²) in [7, 11) is 0. The van der Waals surface area contributed by atoms with E-state index in [-0.39, 0.29) is 30.0 Å². The van der Waals surface area contributed by atoms with Crippen molar-refractivity contribution in [3.05, 3.63) is 35.1 Å². The molecule has 1 atom stereocenters. The SMILES string of the molecule is CC(C)[C@H](N)C(=O)N1CCc2cccc(F)c2C1.Cl. The van der Waals surface area contributed by atoms with E-state index < -0.39 is 6.04 Å². The summed E-state index contributed by atoms with van der Waals surface area (Å²) in [6.45, 7) is 4.79. The van der Waals surface area contributed by atoms with E-state index in [1.165, 1.54) is 6.07 Å². The zero-order valence-electron chi connectivity index (χ0n) is 11.2. The molecule has 1 aliphatic heterocycles. The van der Waals surface area contributed by atoms with Crippen LogP contribution in [0.25, 0.3) is 0 Å². The largest absolute Gasteiger partial charge is 0.337 e. The third kappa shape index (κ3) is 3.25. The van der Waals surface area contributed by atoms with Crippen LogP contribution in [0.5, 0.6) is 0 Å². The van der Waals surface area contributed by atoms with Crippen LogP contribution in [0.15, 0.2) is 18.2 Å². The van der Waals surface area contributed by atoms with Crippen molar-refractivity contribution in [1.82, 2.24) is 4.90 Å². The second-order valence-corrected chi connectivity index (χ2v) is 5.16. The zero-order valence-corrected chi connectivity index (χ0v) is 12.0. The Morgan fingerprint density at radius 2 is 2.11 bits per heavy atom. The molecule has 2 rings (SSSR count). The summed E-state index contributed by atoms with van der Waals surface area (Å²) < 4.78 is 13.7. The van der Waals surface area contributed by atoms with Gasteiger partial charge in [-0.3, -0.25) is 4.79 Å².